The molecule has 0 fully saturated rings. The molecule has 4 rings (SSSR count). The summed E-state index contributed by atoms with van der Waals surface area (Å²) in [5.41, 5.74) is 7.63. The molecule has 1 N–H and O–H groups in total. The van der Waals surface area contributed by atoms with Crippen molar-refractivity contribution >= 4 is 5.91 Å². The lowest BCUT2D eigenvalue weighted by atomic mass is 9.98. The Kier molecular flexibility index (Phi) is 5.76. The van der Waals surface area contributed by atoms with Crippen LogP contribution in [0.15, 0.2) is 103 Å². The van der Waals surface area contributed by atoms with E-state index in [1.54, 1.807) is 0 Å². The average Bonchev–Trinajstić information content (AvgIpc) is 2.80. The number of carbonyl (C=O) groups is 1. The Morgan fingerprint density at radius 2 is 1.20 bits per heavy atom. The van der Waals surface area contributed by atoms with Crippen molar-refractivity contribution in [1.82, 2.24) is 5.32 Å². The van der Waals surface area contributed by atoms with Gasteiger partial charge in [0.25, 0.3) is 5.91 Å². The van der Waals surface area contributed by atoms with Crippen LogP contribution in [0, 0.1) is 6.92 Å². The first-order chi connectivity index (χ1) is 14.6. The van der Waals surface area contributed by atoms with E-state index >= 15 is 0 Å². The van der Waals surface area contributed by atoms with Gasteiger partial charge in [-0.1, -0.05) is 96.6 Å². The van der Waals surface area contributed by atoms with Crippen molar-refractivity contribution in [3.63, 3.8) is 0 Å². The van der Waals surface area contributed by atoms with Crippen molar-refractivity contribution in [1.29, 1.82) is 0 Å². The van der Waals surface area contributed by atoms with Crippen molar-refractivity contribution in [3.05, 3.63) is 120 Å². The molecule has 0 saturated heterocycles. The molecular formula is C28H25NO. The van der Waals surface area contributed by atoms with Crippen LogP contribution in [0.3, 0.4) is 0 Å². The van der Waals surface area contributed by atoms with Crippen LogP contribution in [0.1, 0.15) is 34.5 Å². The number of benzene rings is 4. The van der Waals surface area contributed by atoms with E-state index in [0.717, 1.165) is 16.7 Å². The highest BCUT2D eigenvalue weighted by atomic mass is 16.1. The first kappa shape index (κ1) is 19.7. The molecule has 0 aliphatic rings. The molecule has 0 spiro atoms. The summed E-state index contributed by atoms with van der Waals surface area (Å²) in [6.07, 6.45) is 0. The van der Waals surface area contributed by atoms with Gasteiger partial charge in [-0.3, -0.25) is 4.79 Å². The molecule has 0 heterocycles. The Bertz CT molecular complexity index is 1130. The fourth-order valence-electron chi connectivity index (χ4n) is 3.60. The third-order valence-corrected chi connectivity index (χ3v) is 5.36. The van der Waals surface area contributed by atoms with Gasteiger partial charge in [-0.05, 0) is 53.8 Å². The summed E-state index contributed by atoms with van der Waals surface area (Å²) >= 11 is 0. The maximum Gasteiger partial charge on any atom is 0.251 e. The SMILES string of the molecule is Cc1cccc(C(=O)NC(C)c2ccc(-c3ccc(-c4ccccc4)cc3)cc2)c1. The molecule has 0 aliphatic carbocycles. The molecule has 1 unspecified atom stereocenters. The zero-order chi connectivity index (χ0) is 20.9. The normalized spacial score (nSPS) is 11.7. The van der Waals surface area contributed by atoms with Gasteiger partial charge < -0.3 is 5.32 Å². The average molecular weight is 392 g/mol. The Balaban J connectivity index is 1.45. The summed E-state index contributed by atoms with van der Waals surface area (Å²) in [5.74, 6) is -0.0493. The highest BCUT2D eigenvalue weighted by Gasteiger charge is 2.12. The summed E-state index contributed by atoms with van der Waals surface area (Å²) in [6, 6.07) is 35.0. The lowest BCUT2D eigenvalue weighted by molar-refractivity contribution is 0.0940. The topological polar surface area (TPSA) is 29.1 Å². The quantitative estimate of drug-likeness (QED) is 0.397. The first-order valence-electron chi connectivity index (χ1n) is 10.2. The van der Waals surface area contributed by atoms with Gasteiger partial charge in [0.1, 0.15) is 0 Å². The molecular weight excluding hydrogens is 366 g/mol. The molecule has 0 aliphatic heterocycles. The maximum atomic E-state index is 12.5. The van der Waals surface area contributed by atoms with Gasteiger partial charge in [0.05, 0.1) is 6.04 Å². The van der Waals surface area contributed by atoms with E-state index in [2.05, 4.69) is 78.1 Å². The van der Waals surface area contributed by atoms with E-state index in [1.807, 2.05) is 44.2 Å². The van der Waals surface area contributed by atoms with Gasteiger partial charge in [0.15, 0.2) is 0 Å². The fourth-order valence-corrected chi connectivity index (χ4v) is 3.60. The molecule has 148 valence electrons. The van der Waals surface area contributed by atoms with Crippen LogP contribution >= 0.6 is 0 Å². The van der Waals surface area contributed by atoms with Crippen molar-refractivity contribution < 1.29 is 4.79 Å². The molecule has 4 aromatic rings. The smallest absolute Gasteiger partial charge is 0.251 e. The third kappa shape index (κ3) is 4.49. The molecule has 0 radical (unpaired) electrons. The van der Waals surface area contributed by atoms with Crippen LogP contribution in [0.25, 0.3) is 22.3 Å². The Morgan fingerprint density at radius 3 is 1.77 bits per heavy atom. The summed E-state index contributed by atoms with van der Waals surface area (Å²) < 4.78 is 0. The summed E-state index contributed by atoms with van der Waals surface area (Å²) in [4.78, 5) is 12.5. The van der Waals surface area contributed by atoms with E-state index in [1.165, 1.54) is 16.7 Å². The van der Waals surface area contributed by atoms with E-state index < -0.39 is 0 Å². The highest BCUT2D eigenvalue weighted by Crippen LogP contribution is 2.26. The number of hydrogen-bond donors (Lipinski definition) is 1. The van der Waals surface area contributed by atoms with Gasteiger partial charge in [0.2, 0.25) is 0 Å². The second kappa shape index (κ2) is 8.79. The fraction of sp³-hybridized carbons (Fsp3) is 0.107. The molecule has 30 heavy (non-hydrogen) atoms. The molecule has 1 atom stereocenters. The van der Waals surface area contributed by atoms with E-state index in [9.17, 15) is 4.79 Å². The number of hydrogen-bond acceptors (Lipinski definition) is 1. The third-order valence-electron chi connectivity index (χ3n) is 5.36. The van der Waals surface area contributed by atoms with E-state index in [-0.39, 0.29) is 11.9 Å². The van der Waals surface area contributed by atoms with Gasteiger partial charge in [-0.15, -0.1) is 0 Å². The second-order valence-electron chi connectivity index (χ2n) is 7.63. The number of nitrogens with one attached hydrogen (secondary N) is 1. The Labute approximate surface area is 178 Å². The van der Waals surface area contributed by atoms with Crippen molar-refractivity contribution in [2.24, 2.45) is 0 Å². The lowest BCUT2D eigenvalue weighted by Gasteiger charge is -2.15. The van der Waals surface area contributed by atoms with E-state index in [0.29, 0.717) is 5.56 Å². The molecule has 0 aromatic heterocycles. The minimum absolute atomic E-state index is 0.0493. The zero-order valence-corrected chi connectivity index (χ0v) is 17.3. The maximum absolute atomic E-state index is 12.5. The standard InChI is InChI=1S/C28H25NO/c1-20-7-6-10-27(19-20)28(30)29-21(2)22-11-13-25(14-12-22)26-17-15-24(16-18-26)23-8-4-3-5-9-23/h3-19,21H,1-2H3,(H,29,30). The summed E-state index contributed by atoms with van der Waals surface area (Å²) in [5, 5.41) is 3.09. The predicted octanol–water partition coefficient (Wildman–Crippen LogP) is 6.82. The largest absolute Gasteiger partial charge is 0.346 e. The number of rotatable bonds is 5. The lowest BCUT2D eigenvalue weighted by Crippen LogP contribution is -2.26. The Hall–Kier alpha value is -3.65. The summed E-state index contributed by atoms with van der Waals surface area (Å²) in [7, 11) is 0. The van der Waals surface area contributed by atoms with Crippen LogP contribution in [0.5, 0.6) is 0 Å². The molecule has 0 bridgehead atoms. The molecule has 0 saturated carbocycles. The zero-order valence-electron chi connectivity index (χ0n) is 17.3. The van der Waals surface area contributed by atoms with Gasteiger partial charge in [-0.25, -0.2) is 0 Å². The summed E-state index contributed by atoms with van der Waals surface area (Å²) in [6.45, 7) is 4.00. The monoisotopic (exact) mass is 391 g/mol. The van der Waals surface area contributed by atoms with Crippen LogP contribution in [-0.2, 0) is 0 Å². The highest BCUT2D eigenvalue weighted by molar-refractivity contribution is 5.94. The minimum Gasteiger partial charge on any atom is -0.346 e. The second-order valence-corrected chi connectivity index (χ2v) is 7.63. The number of aryl methyl sites for hydroxylation is 1. The van der Waals surface area contributed by atoms with Gasteiger partial charge >= 0.3 is 0 Å². The van der Waals surface area contributed by atoms with Crippen LogP contribution in [0.4, 0.5) is 0 Å². The van der Waals surface area contributed by atoms with E-state index in [4.69, 9.17) is 0 Å². The van der Waals surface area contributed by atoms with Crippen molar-refractivity contribution in [3.8, 4) is 22.3 Å². The van der Waals surface area contributed by atoms with Crippen molar-refractivity contribution in [2.75, 3.05) is 0 Å². The molecule has 2 heteroatoms. The predicted molar refractivity (Wildman–Crippen MR) is 124 cm³/mol. The first-order valence-corrected chi connectivity index (χ1v) is 10.2. The Morgan fingerprint density at radius 1 is 0.667 bits per heavy atom. The van der Waals surface area contributed by atoms with Crippen LogP contribution in [0.2, 0.25) is 0 Å². The number of amides is 1. The number of carbonyl (C=O) groups excluding carboxylic acids is 1. The van der Waals surface area contributed by atoms with Crippen LogP contribution < -0.4 is 5.32 Å². The molecule has 4 aromatic carbocycles. The van der Waals surface area contributed by atoms with Gasteiger partial charge in [-0.2, -0.15) is 0 Å². The van der Waals surface area contributed by atoms with Crippen LogP contribution in [-0.4, -0.2) is 5.91 Å². The molecule has 1 amide bonds. The van der Waals surface area contributed by atoms with Crippen molar-refractivity contribution in [2.45, 2.75) is 19.9 Å². The molecule has 2 nitrogen and oxygen atoms in total. The van der Waals surface area contributed by atoms with Gasteiger partial charge in [0, 0.05) is 5.56 Å². The minimum atomic E-state index is -0.0625.